The molecule has 2 rings (SSSR count). The Morgan fingerprint density at radius 2 is 2.20 bits per heavy atom. The lowest BCUT2D eigenvalue weighted by Crippen LogP contribution is -2.17. The van der Waals surface area contributed by atoms with Gasteiger partial charge in [0.25, 0.3) is 0 Å². The van der Waals surface area contributed by atoms with Crippen molar-refractivity contribution in [1.82, 2.24) is 5.32 Å². The number of aliphatic hydroxyl groups excluding tert-OH is 1. The highest BCUT2D eigenvalue weighted by atomic mass is 35.5. The van der Waals surface area contributed by atoms with Crippen molar-refractivity contribution < 1.29 is 14.6 Å². The second-order valence-electron chi connectivity index (χ2n) is 5.24. The molecule has 5 heteroatoms. The number of nitrogens with one attached hydrogen (secondary N) is 1. The van der Waals surface area contributed by atoms with Gasteiger partial charge in [0.1, 0.15) is 0 Å². The number of hydrogen-bond acceptors (Lipinski definition) is 4. The molecule has 2 N–H and O–H groups in total. The van der Waals surface area contributed by atoms with E-state index < -0.39 is 0 Å². The molecule has 1 saturated carbocycles. The van der Waals surface area contributed by atoms with Crippen LogP contribution in [0.1, 0.15) is 31.7 Å². The fourth-order valence-electron chi connectivity index (χ4n) is 1.94. The summed E-state index contributed by atoms with van der Waals surface area (Å²) in [7, 11) is 1.60. The molecule has 0 spiro atoms. The van der Waals surface area contributed by atoms with Crippen LogP contribution in [0.15, 0.2) is 12.1 Å². The van der Waals surface area contributed by atoms with Gasteiger partial charge < -0.3 is 19.9 Å². The third-order valence-corrected chi connectivity index (χ3v) is 3.48. The third-order valence-electron chi connectivity index (χ3n) is 3.26. The average molecular weight is 300 g/mol. The zero-order valence-corrected chi connectivity index (χ0v) is 12.7. The van der Waals surface area contributed by atoms with Gasteiger partial charge in [0, 0.05) is 35.7 Å². The maximum absolute atomic E-state index is 9.31. The molecule has 112 valence electrons. The fraction of sp³-hybridized carbons (Fsp3) is 0.600. The van der Waals surface area contributed by atoms with Gasteiger partial charge >= 0.3 is 0 Å². The fourth-order valence-corrected chi connectivity index (χ4v) is 2.17. The van der Waals surface area contributed by atoms with Gasteiger partial charge in [-0.25, -0.2) is 0 Å². The van der Waals surface area contributed by atoms with E-state index >= 15 is 0 Å². The van der Waals surface area contributed by atoms with Gasteiger partial charge in [-0.2, -0.15) is 0 Å². The molecular weight excluding hydrogens is 278 g/mol. The first kappa shape index (κ1) is 15.4. The predicted octanol–water partition coefficient (Wildman–Crippen LogP) is 2.75. The summed E-state index contributed by atoms with van der Waals surface area (Å²) in [5, 5.41) is 13.4. The first-order chi connectivity index (χ1) is 9.60. The van der Waals surface area contributed by atoms with Crippen molar-refractivity contribution in [3.05, 3.63) is 22.7 Å². The smallest absolute Gasteiger partial charge is 0.165 e. The zero-order valence-electron chi connectivity index (χ0n) is 12.0. The van der Waals surface area contributed by atoms with E-state index in [0.29, 0.717) is 42.1 Å². The lowest BCUT2D eigenvalue weighted by Gasteiger charge is -2.16. The van der Waals surface area contributed by atoms with Crippen LogP contribution in [0.5, 0.6) is 11.5 Å². The van der Waals surface area contributed by atoms with Crippen LogP contribution in [0.3, 0.4) is 0 Å². The summed E-state index contributed by atoms with van der Waals surface area (Å²) >= 11 is 6.11. The summed E-state index contributed by atoms with van der Waals surface area (Å²) in [6.07, 6.45) is 2.67. The van der Waals surface area contributed by atoms with E-state index in [2.05, 4.69) is 5.32 Å². The molecule has 1 aromatic rings. The Bertz CT molecular complexity index is 447. The second kappa shape index (κ2) is 7.16. The highest BCUT2D eigenvalue weighted by Gasteiger charge is 2.21. The van der Waals surface area contributed by atoms with Crippen molar-refractivity contribution in [2.45, 2.75) is 44.9 Å². The molecule has 4 nitrogen and oxygen atoms in total. The summed E-state index contributed by atoms with van der Waals surface area (Å²) in [6.45, 7) is 2.91. The molecular formula is C15H22ClNO3. The minimum Gasteiger partial charge on any atom is -0.493 e. The summed E-state index contributed by atoms with van der Waals surface area (Å²) in [5.41, 5.74) is 0.992. The number of hydrogen-bond donors (Lipinski definition) is 2. The molecule has 20 heavy (non-hydrogen) atoms. The Hall–Kier alpha value is -0.970. The standard InChI is InChI=1S/C15H22ClNO3/c1-10(18)5-6-20-15-11(9-17-13-3-4-13)7-12(16)8-14(15)19-2/h7-8,10,13,17-18H,3-6,9H2,1-2H3. The molecule has 1 unspecified atom stereocenters. The van der Waals surface area contributed by atoms with Gasteiger partial charge in [0.2, 0.25) is 0 Å². The first-order valence-corrected chi connectivity index (χ1v) is 7.38. The summed E-state index contributed by atoms with van der Waals surface area (Å²) in [5.74, 6) is 1.35. The molecule has 1 aliphatic rings. The second-order valence-corrected chi connectivity index (χ2v) is 5.67. The lowest BCUT2D eigenvalue weighted by molar-refractivity contribution is 0.153. The Balaban J connectivity index is 2.10. The number of ether oxygens (including phenoxy) is 2. The lowest BCUT2D eigenvalue weighted by atomic mass is 10.1. The molecule has 1 atom stereocenters. The molecule has 0 heterocycles. The maximum atomic E-state index is 9.31. The molecule has 0 bridgehead atoms. The Labute approximate surface area is 125 Å². The van der Waals surface area contributed by atoms with Crippen LogP contribution in [0.4, 0.5) is 0 Å². The molecule has 1 aromatic carbocycles. The minimum atomic E-state index is -0.374. The van der Waals surface area contributed by atoms with E-state index in [1.165, 1.54) is 12.8 Å². The van der Waals surface area contributed by atoms with Crippen molar-refractivity contribution in [1.29, 1.82) is 0 Å². The molecule has 0 radical (unpaired) electrons. The van der Waals surface area contributed by atoms with Crippen molar-refractivity contribution in [2.75, 3.05) is 13.7 Å². The van der Waals surface area contributed by atoms with Gasteiger partial charge in [-0.15, -0.1) is 0 Å². The van der Waals surface area contributed by atoms with Crippen LogP contribution in [0.25, 0.3) is 0 Å². The first-order valence-electron chi connectivity index (χ1n) is 7.00. The van der Waals surface area contributed by atoms with Gasteiger partial charge in [0.15, 0.2) is 11.5 Å². The van der Waals surface area contributed by atoms with Gasteiger partial charge in [0.05, 0.1) is 19.8 Å². The van der Waals surface area contributed by atoms with Crippen molar-refractivity contribution in [3.8, 4) is 11.5 Å². The predicted molar refractivity (Wildman–Crippen MR) is 79.7 cm³/mol. The molecule has 1 fully saturated rings. The number of methoxy groups -OCH3 is 1. The molecule has 0 amide bonds. The highest BCUT2D eigenvalue weighted by Crippen LogP contribution is 2.35. The number of halogens is 1. The van der Waals surface area contributed by atoms with E-state index in [4.69, 9.17) is 21.1 Å². The van der Waals surface area contributed by atoms with Crippen molar-refractivity contribution in [2.24, 2.45) is 0 Å². The maximum Gasteiger partial charge on any atom is 0.165 e. The van der Waals surface area contributed by atoms with Crippen LogP contribution in [-0.4, -0.2) is 31.0 Å². The summed E-state index contributed by atoms with van der Waals surface area (Å²) < 4.78 is 11.1. The minimum absolute atomic E-state index is 0.374. The van der Waals surface area contributed by atoms with Crippen LogP contribution >= 0.6 is 11.6 Å². The molecule has 1 aliphatic carbocycles. The van der Waals surface area contributed by atoms with Gasteiger partial charge in [-0.05, 0) is 25.8 Å². The number of benzene rings is 1. The van der Waals surface area contributed by atoms with Crippen LogP contribution < -0.4 is 14.8 Å². The third kappa shape index (κ3) is 4.54. The van der Waals surface area contributed by atoms with E-state index in [9.17, 15) is 5.11 Å². The zero-order chi connectivity index (χ0) is 14.5. The van der Waals surface area contributed by atoms with E-state index in [0.717, 1.165) is 5.56 Å². The summed E-state index contributed by atoms with van der Waals surface area (Å²) in [4.78, 5) is 0. The van der Waals surface area contributed by atoms with E-state index in [1.54, 1.807) is 20.1 Å². The summed E-state index contributed by atoms with van der Waals surface area (Å²) in [6, 6.07) is 4.27. The van der Waals surface area contributed by atoms with E-state index in [1.807, 2.05) is 6.07 Å². The normalized spacial score (nSPS) is 16.0. The van der Waals surface area contributed by atoms with Crippen LogP contribution in [-0.2, 0) is 6.54 Å². The highest BCUT2D eigenvalue weighted by molar-refractivity contribution is 6.30. The molecule has 0 saturated heterocycles. The average Bonchev–Trinajstić information content (AvgIpc) is 3.21. The largest absolute Gasteiger partial charge is 0.493 e. The van der Waals surface area contributed by atoms with Gasteiger partial charge in [-0.1, -0.05) is 11.6 Å². The van der Waals surface area contributed by atoms with Crippen molar-refractivity contribution >= 4 is 11.6 Å². The SMILES string of the molecule is COc1cc(Cl)cc(CNC2CC2)c1OCCC(C)O. The molecule has 0 aromatic heterocycles. The van der Waals surface area contributed by atoms with Gasteiger partial charge in [-0.3, -0.25) is 0 Å². The number of aliphatic hydroxyl groups is 1. The Morgan fingerprint density at radius 3 is 2.80 bits per heavy atom. The van der Waals surface area contributed by atoms with Crippen LogP contribution in [0.2, 0.25) is 5.02 Å². The molecule has 0 aliphatic heterocycles. The van der Waals surface area contributed by atoms with Crippen LogP contribution in [0, 0.1) is 0 Å². The monoisotopic (exact) mass is 299 g/mol. The quantitative estimate of drug-likeness (QED) is 0.775. The van der Waals surface area contributed by atoms with E-state index in [-0.39, 0.29) is 6.10 Å². The Morgan fingerprint density at radius 1 is 1.45 bits per heavy atom. The Kier molecular flexibility index (Phi) is 5.52. The van der Waals surface area contributed by atoms with Crippen molar-refractivity contribution in [3.63, 3.8) is 0 Å². The number of rotatable bonds is 8. The topological polar surface area (TPSA) is 50.7 Å².